The van der Waals surface area contributed by atoms with E-state index in [9.17, 15) is 8.42 Å². The van der Waals surface area contributed by atoms with Gasteiger partial charge in [-0.25, -0.2) is 8.42 Å². The second-order valence-corrected chi connectivity index (χ2v) is 5.42. The molecule has 0 saturated carbocycles. The Morgan fingerprint density at radius 3 is 2.75 bits per heavy atom. The summed E-state index contributed by atoms with van der Waals surface area (Å²) >= 11 is 3.16. The molecule has 0 fully saturated rings. The molecule has 0 amide bonds. The minimum atomic E-state index is -3.62. The van der Waals surface area contributed by atoms with Crippen LogP contribution in [0.5, 0.6) is 0 Å². The van der Waals surface area contributed by atoms with Gasteiger partial charge in [-0.05, 0) is 28.1 Å². The van der Waals surface area contributed by atoms with Crippen LogP contribution in [0.2, 0.25) is 0 Å². The molecule has 0 unspecified atom stereocenters. The molecule has 0 aliphatic carbocycles. The molecule has 0 radical (unpaired) electrons. The van der Waals surface area contributed by atoms with Gasteiger partial charge in [-0.3, -0.25) is 14.8 Å². The number of nitrogens with zero attached hydrogens (tertiary/aromatic N) is 2. The van der Waals surface area contributed by atoms with Gasteiger partial charge in [0.15, 0.2) is 0 Å². The summed E-state index contributed by atoms with van der Waals surface area (Å²) in [6, 6.07) is 3.01. The van der Waals surface area contributed by atoms with Gasteiger partial charge in [0.2, 0.25) is 0 Å². The van der Waals surface area contributed by atoms with Crippen LogP contribution in [0.4, 0.5) is 5.82 Å². The van der Waals surface area contributed by atoms with Gasteiger partial charge in [-0.1, -0.05) is 0 Å². The Kier molecular flexibility index (Phi) is 2.92. The summed E-state index contributed by atoms with van der Waals surface area (Å²) < 4.78 is 26.6. The Labute approximate surface area is 100 Å². The van der Waals surface area contributed by atoms with E-state index in [0.29, 0.717) is 4.47 Å². The highest BCUT2D eigenvalue weighted by molar-refractivity contribution is 9.10. The highest BCUT2D eigenvalue weighted by Gasteiger charge is 2.16. The van der Waals surface area contributed by atoms with Crippen molar-refractivity contribution < 1.29 is 8.42 Å². The lowest BCUT2D eigenvalue weighted by Crippen LogP contribution is -2.13. The quantitative estimate of drug-likeness (QED) is 0.896. The van der Waals surface area contributed by atoms with Crippen LogP contribution < -0.4 is 4.72 Å². The van der Waals surface area contributed by atoms with Gasteiger partial charge < -0.3 is 0 Å². The molecule has 16 heavy (non-hydrogen) atoms. The molecule has 0 atom stereocenters. The number of hydrogen-bond acceptors (Lipinski definition) is 4. The lowest BCUT2D eigenvalue weighted by molar-refractivity contribution is 0.600. The van der Waals surface area contributed by atoms with E-state index in [1.807, 2.05) is 0 Å². The Morgan fingerprint density at radius 1 is 1.38 bits per heavy atom. The van der Waals surface area contributed by atoms with Crippen LogP contribution in [0.1, 0.15) is 0 Å². The molecule has 6 nitrogen and oxygen atoms in total. The van der Waals surface area contributed by atoms with Crippen molar-refractivity contribution in [3.8, 4) is 0 Å². The molecule has 2 heterocycles. The first-order chi connectivity index (χ1) is 7.59. The van der Waals surface area contributed by atoms with E-state index < -0.39 is 10.0 Å². The number of anilines is 1. The van der Waals surface area contributed by atoms with Crippen molar-refractivity contribution >= 4 is 31.8 Å². The highest BCUT2D eigenvalue weighted by atomic mass is 79.9. The number of rotatable bonds is 3. The fraction of sp³-hybridized carbons (Fsp3) is 0. The Balaban J connectivity index is 2.32. The van der Waals surface area contributed by atoms with Crippen LogP contribution in [-0.4, -0.2) is 23.6 Å². The summed E-state index contributed by atoms with van der Waals surface area (Å²) in [6.07, 6.45) is 4.23. The molecule has 0 aliphatic heterocycles. The molecular formula is C8H7BrN4O2S. The van der Waals surface area contributed by atoms with Crippen molar-refractivity contribution in [2.45, 2.75) is 4.90 Å². The SMILES string of the molecule is O=S(=O)(Nc1[nH]ncc1Br)c1cccnc1. The van der Waals surface area contributed by atoms with Crippen LogP contribution in [0, 0.1) is 0 Å². The van der Waals surface area contributed by atoms with Crippen molar-refractivity contribution in [2.24, 2.45) is 0 Å². The van der Waals surface area contributed by atoms with Gasteiger partial charge in [-0.15, -0.1) is 0 Å². The second-order valence-electron chi connectivity index (χ2n) is 2.89. The Bertz CT molecular complexity index is 581. The highest BCUT2D eigenvalue weighted by Crippen LogP contribution is 2.21. The number of aromatic amines is 1. The standard InChI is InChI=1S/C8H7BrN4O2S/c9-7-5-11-12-8(7)13-16(14,15)6-2-1-3-10-4-6/h1-5H,(H2,11,12,13). The molecule has 2 aromatic heterocycles. The molecule has 0 aliphatic rings. The summed E-state index contributed by atoms with van der Waals surface area (Å²) in [5, 5.41) is 6.21. The third-order valence-electron chi connectivity index (χ3n) is 1.77. The number of pyridine rings is 1. The largest absolute Gasteiger partial charge is 0.264 e. The minimum absolute atomic E-state index is 0.0940. The number of H-pyrrole nitrogens is 1. The van der Waals surface area contributed by atoms with Crippen molar-refractivity contribution in [1.82, 2.24) is 15.2 Å². The number of halogens is 1. The zero-order valence-corrected chi connectivity index (χ0v) is 10.3. The maximum absolute atomic E-state index is 11.8. The lowest BCUT2D eigenvalue weighted by Gasteiger charge is -2.05. The molecular weight excluding hydrogens is 296 g/mol. The number of sulfonamides is 1. The first-order valence-corrected chi connectivity index (χ1v) is 6.49. The van der Waals surface area contributed by atoms with Gasteiger partial charge in [0.25, 0.3) is 10.0 Å². The van der Waals surface area contributed by atoms with Crippen LogP contribution in [-0.2, 0) is 10.0 Å². The maximum Gasteiger partial charge on any atom is 0.264 e. The van der Waals surface area contributed by atoms with Gasteiger partial charge in [0.05, 0.1) is 10.7 Å². The smallest absolute Gasteiger partial charge is 0.263 e. The normalized spacial score (nSPS) is 11.3. The molecule has 0 saturated heterocycles. The summed E-state index contributed by atoms with van der Waals surface area (Å²) in [4.78, 5) is 3.84. The first kappa shape index (κ1) is 11.1. The number of hydrogen-bond donors (Lipinski definition) is 2. The van der Waals surface area contributed by atoms with Gasteiger partial charge in [-0.2, -0.15) is 5.10 Å². The zero-order valence-electron chi connectivity index (χ0n) is 7.88. The molecule has 8 heteroatoms. The summed E-state index contributed by atoms with van der Waals surface area (Å²) in [5.74, 6) is 0.281. The van der Waals surface area contributed by atoms with Crippen LogP contribution >= 0.6 is 15.9 Å². The van der Waals surface area contributed by atoms with E-state index in [1.54, 1.807) is 6.07 Å². The molecule has 0 spiro atoms. The third-order valence-corrected chi connectivity index (χ3v) is 3.71. The van der Waals surface area contributed by atoms with Crippen molar-refractivity contribution in [1.29, 1.82) is 0 Å². The van der Waals surface area contributed by atoms with E-state index in [1.165, 1.54) is 24.7 Å². The molecule has 84 valence electrons. The summed E-state index contributed by atoms with van der Waals surface area (Å²) in [6.45, 7) is 0. The predicted octanol–water partition coefficient (Wildman–Crippen LogP) is 1.37. The van der Waals surface area contributed by atoms with E-state index in [-0.39, 0.29) is 10.7 Å². The van der Waals surface area contributed by atoms with E-state index in [4.69, 9.17) is 0 Å². The number of nitrogens with one attached hydrogen (secondary N) is 2. The second kappa shape index (κ2) is 4.22. The Hall–Kier alpha value is -1.41. The summed E-state index contributed by atoms with van der Waals surface area (Å²) in [5.41, 5.74) is 0. The fourth-order valence-corrected chi connectivity index (χ4v) is 2.46. The van der Waals surface area contributed by atoms with E-state index in [2.05, 4.69) is 35.8 Å². The van der Waals surface area contributed by atoms with E-state index >= 15 is 0 Å². The molecule has 2 aromatic rings. The van der Waals surface area contributed by atoms with Crippen molar-refractivity contribution in [3.63, 3.8) is 0 Å². The third kappa shape index (κ3) is 2.22. The van der Waals surface area contributed by atoms with Crippen LogP contribution in [0.25, 0.3) is 0 Å². The molecule has 2 rings (SSSR count). The number of aromatic nitrogens is 3. The van der Waals surface area contributed by atoms with Gasteiger partial charge in [0.1, 0.15) is 10.7 Å². The topological polar surface area (TPSA) is 87.7 Å². The molecule has 0 aromatic carbocycles. The Morgan fingerprint density at radius 2 is 2.19 bits per heavy atom. The van der Waals surface area contributed by atoms with Crippen LogP contribution in [0.3, 0.4) is 0 Å². The minimum Gasteiger partial charge on any atom is -0.263 e. The first-order valence-electron chi connectivity index (χ1n) is 4.21. The molecule has 0 bridgehead atoms. The monoisotopic (exact) mass is 302 g/mol. The van der Waals surface area contributed by atoms with E-state index in [0.717, 1.165) is 0 Å². The van der Waals surface area contributed by atoms with Gasteiger partial charge >= 0.3 is 0 Å². The predicted molar refractivity (Wildman–Crippen MR) is 61.3 cm³/mol. The molecule has 2 N–H and O–H groups in total. The van der Waals surface area contributed by atoms with Crippen molar-refractivity contribution in [3.05, 3.63) is 35.2 Å². The zero-order chi connectivity index (χ0) is 11.6. The van der Waals surface area contributed by atoms with Crippen molar-refractivity contribution in [2.75, 3.05) is 4.72 Å². The van der Waals surface area contributed by atoms with Crippen LogP contribution in [0.15, 0.2) is 40.1 Å². The maximum atomic E-state index is 11.8. The fourth-order valence-electron chi connectivity index (χ4n) is 1.04. The average molecular weight is 303 g/mol. The lowest BCUT2D eigenvalue weighted by atomic mass is 10.5. The average Bonchev–Trinajstić information content (AvgIpc) is 2.65. The van der Waals surface area contributed by atoms with Gasteiger partial charge in [0, 0.05) is 12.4 Å². The summed E-state index contributed by atoms with van der Waals surface area (Å²) in [7, 11) is -3.62.